The van der Waals surface area contributed by atoms with E-state index in [2.05, 4.69) is 38.1 Å². The fourth-order valence-electron chi connectivity index (χ4n) is 1.41. The molecule has 0 aliphatic rings. The fraction of sp³-hybridized carbons (Fsp3) is 0.750. The van der Waals surface area contributed by atoms with Gasteiger partial charge in [0.25, 0.3) is 0 Å². The third kappa shape index (κ3) is 4.98. The van der Waals surface area contributed by atoms with E-state index in [1.54, 1.807) is 0 Å². The zero-order chi connectivity index (χ0) is 11.3. The first-order chi connectivity index (χ1) is 6.99. The SMILES string of the molecule is Cc1ccnn1CCNCCC(C)(C)C. The number of aryl methyl sites for hydroxylation is 1. The molecule has 0 saturated carbocycles. The molecule has 0 spiro atoms. The molecule has 0 amide bonds. The Balaban J connectivity index is 2.10. The summed E-state index contributed by atoms with van der Waals surface area (Å²) in [6, 6.07) is 2.04. The van der Waals surface area contributed by atoms with Crippen LogP contribution in [-0.2, 0) is 6.54 Å². The number of nitrogens with one attached hydrogen (secondary N) is 1. The van der Waals surface area contributed by atoms with Gasteiger partial charge in [-0.2, -0.15) is 5.10 Å². The third-order valence-electron chi connectivity index (χ3n) is 2.48. The molecule has 0 aliphatic heterocycles. The Morgan fingerprint density at radius 2 is 2.07 bits per heavy atom. The van der Waals surface area contributed by atoms with Crippen molar-refractivity contribution in [1.29, 1.82) is 0 Å². The number of aromatic nitrogens is 2. The van der Waals surface area contributed by atoms with E-state index in [9.17, 15) is 0 Å². The highest BCUT2D eigenvalue weighted by Crippen LogP contribution is 2.16. The summed E-state index contributed by atoms with van der Waals surface area (Å²) in [6.07, 6.45) is 3.07. The molecule has 1 heterocycles. The largest absolute Gasteiger partial charge is 0.315 e. The quantitative estimate of drug-likeness (QED) is 0.754. The minimum Gasteiger partial charge on any atom is -0.315 e. The normalized spacial score (nSPS) is 12.0. The van der Waals surface area contributed by atoms with Gasteiger partial charge in [-0.25, -0.2) is 0 Å². The van der Waals surface area contributed by atoms with Crippen molar-refractivity contribution in [3.63, 3.8) is 0 Å². The van der Waals surface area contributed by atoms with Crippen LogP contribution in [0.4, 0.5) is 0 Å². The maximum Gasteiger partial charge on any atom is 0.0537 e. The monoisotopic (exact) mass is 209 g/mol. The van der Waals surface area contributed by atoms with Crippen LogP contribution in [0, 0.1) is 12.3 Å². The Labute approximate surface area is 92.9 Å². The van der Waals surface area contributed by atoms with Crippen molar-refractivity contribution in [2.45, 2.75) is 40.7 Å². The summed E-state index contributed by atoms with van der Waals surface area (Å²) in [6.45, 7) is 11.9. The second-order valence-electron chi connectivity index (χ2n) is 5.26. The lowest BCUT2D eigenvalue weighted by atomic mass is 9.92. The molecule has 0 radical (unpaired) electrons. The molecule has 3 heteroatoms. The molecule has 0 aliphatic carbocycles. The molecular weight excluding hydrogens is 186 g/mol. The molecule has 0 aromatic carbocycles. The number of nitrogens with zero attached hydrogens (tertiary/aromatic N) is 2. The molecule has 1 aromatic heterocycles. The summed E-state index contributed by atoms with van der Waals surface area (Å²) in [7, 11) is 0. The van der Waals surface area contributed by atoms with Gasteiger partial charge in [-0.1, -0.05) is 20.8 Å². The fourth-order valence-corrected chi connectivity index (χ4v) is 1.41. The van der Waals surface area contributed by atoms with Crippen molar-refractivity contribution in [1.82, 2.24) is 15.1 Å². The van der Waals surface area contributed by atoms with Gasteiger partial charge >= 0.3 is 0 Å². The summed E-state index contributed by atoms with van der Waals surface area (Å²) in [5, 5.41) is 7.69. The average molecular weight is 209 g/mol. The van der Waals surface area contributed by atoms with E-state index < -0.39 is 0 Å². The smallest absolute Gasteiger partial charge is 0.0537 e. The molecule has 0 unspecified atom stereocenters. The highest BCUT2D eigenvalue weighted by molar-refractivity contribution is 4.96. The maximum absolute atomic E-state index is 4.24. The van der Waals surface area contributed by atoms with Gasteiger partial charge in [0.1, 0.15) is 0 Å². The molecule has 0 bridgehead atoms. The van der Waals surface area contributed by atoms with Crippen molar-refractivity contribution < 1.29 is 0 Å². The molecule has 86 valence electrons. The van der Waals surface area contributed by atoms with Gasteiger partial charge in [-0.05, 0) is 31.4 Å². The number of hydrogen-bond donors (Lipinski definition) is 1. The Bertz CT molecular complexity index is 283. The van der Waals surface area contributed by atoms with Crippen molar-refractivity contribution in [2.75, 3.05) is 13.1 Å². The lowest BCUT2D eigenvalue weighted by molar-refractivity contribution is 0.364. The first-order valence-electron chi connectivity index (χ1n) is 5.68. The predicted molar refractivity (Wildman–Crippen MR) is 63.9 cm³/mol. The van der Waals surface area contributed by atoms with Gasteiger partial charge in [-0.3, -0.25) is 4.68 Å². The summed E-state index contributed by atoms with van der Waals surface area (Å²) < 4.78 is 2.03. The van der Waals surface area contributed by atoms with Crippen LogP contribution in [0.1, 0.15) is 32.9 Å². The lowest BCUT2D eigenvalue weighted by Crippen LogP contribution is -2.24. The Kier molecular flexibility index (Phi) is 4.33. The zero-order valence-electron chi connectivity index (χ0n) is 10.4. The van der Waals surface area contributed by atoms with Crippen molar-refractivity contribution in [3.05, 3.63) is 18.0 Å². The third-order valence-corrected chi connectivity index (χ3v) is 2.48. The maximum atomic E-state index is 4.24. The molecule has 0 fully saturated rings. The Morgan fingerprint density at radius 3 is 2.60 bits per heavy atom. The van der Waals surface area contributed by atoms with Gasteiger partial charge in [0, 0.05) is 18.4 Å². The van der Waals surface area contributed by atoms with E-state index >= 15 is 0 Å². The summed E-state index contributed by atoms with van der Waals surface area (Å²) in [5.41, 5.74) is 1.65. The predicted octanol–water partition coefficient (Wildman–Crippen LogP) is 2.22. The van der Waals surface area contributed by atoms with Gasteiger partial charge < -0.3 is 5.32 Å². The van der Waals surface area contributed by atoms with Crippen molar-refractivity contribution >= 4 is 0 Å². The van der Waals surface area contributed by atoms with Crippen LogP contribution in [0.15, 0.2) is 12.3 Å². The molecule has 1 N–H and O–H groups in total. The van der Waals surface area contributed by atoms with E-state index in [0.717, 1.165) is 19.6 Å². The number of hydrogen-bond acceptors (Lipinski definition) is 2. The molecule has 1 rings (SSSR count). The molecule has 1 aromatic rings. The van der Waals surface area contributed by atoms with E-state index in [4.69, 9.17) is 0 Å². The highest BCUT2D eigenvalue weighted by atomic mass is 15.3. The molecule has 15 heavy (non-hydrogen) atoms. The molecule has 0 saturated heterocycles. The van der Waals surface area contributed by atoms with E-state index in [0.29, 0.717) is 5.41 Å². The van der Waals surface area contributed by atoms with Gasteiger partial charge in [-0.15, -0.1) is 0 Å². The van der Waals surface area contributed by atoms with Crippen LogP contribution in [0.2, 0.25) is 0 Å². The average Bonchev–Trinajstić information content (AvgIpc) is 2.49. The highest BCUT2D eigenvalue weighted by Gasteiger charge is 2.08. The molecule has 0 atom stereocenters. The van der Waals surface area contributed by atoms with Crippen LogP contribution < -0.4 is 5.32 Å². The van der Waals surface area contributed by atoms with Crippen LogP contribution in [0.5, 0.6) is 0 Å². The first-order valence-corrected chi connectivity index (χ1v) is 5.68. The van der Waals surface area contributed by atoms with Crippen LogP contribution in [0.3, 0.4) is 0 Å². The molecule has 3 nitrogen and oxygen atoms in total. The van der Waals surface area contributed by atoms with Crippen LogP contribution >= 0.6 is 0 Å². The Hall–Kier alpha value is -0.830. The van der Waals surface area contributed by atoms with Crippen LogP contribution in [0.25, 0.3) is 0 Å². The summed E-state index contributed by atoms with van der Waals surface area (Å²) in [4.78, 5) is 0. The zero-order valence-corrected chi connectivity index (χ0v) is 10.4. The first kappa shape index (κ1) is 12.2. The minimum atomic E-state index is 0.425. The van der Waals surface area contributed by atoms with Gasteiger partial charge in [0.05, 0.1) is 6.54 Å². The minimum absolute atomic E-state index is 0.425. The van der Waals surface area contributed by atoms with Crippen molar-refractivity contribution in [3.8, 4) is 0 Å². The topological polar surface area (TPSA) is 29.9 Å². The second-order valence-corrected chi connectivity index (χ2v) is 5.26. The van der Waals surface area contributed by atoms with Gasteiger partial charge in [0.15, 0.2) is 0 Å². The lowest BCUT2D eigenvalue weighted by Gasteiger charge is -2.18. The van der Waals surface area contributed by atoms with Crippen LogP contribution in [-0.4, -0.2) is 22.9 Å². The standard InChI is InChI=1S/C12H23N3/c1-11-5-7-14-15(11)10-9-13-8-6-12(2,3)4/h5,7,13H,6,8-10H2,1-4H3. The Morgan fingerprint density at radius 1 is 1.33 bits per heavy atom. The van der Waals surface area contributed by atoms with Crippen molar-refractivity contribution in [2.24, 2.45) is 5.41 Å². The van der Waals surface area contributed by atoms with E-state index in [1.807, 2.05) is 16.9 Å². The summed E-state index contributed by atoms with van der Waals surface area (Å²) in [5.74, 6) is 0. The number of rotatable bonds is 5. The van der Waals surface area contributed by atoms with E-state index in [1.165, 1.54) is 12.1 Å². The van der Waals surface area contributed by atoms with Gasteiger partial charge in [0.2, 0.25) is 0 Å². The van der Waals surface area contributed by atoms with E-state index in [-0.39, 0.29) is 0 Å². The summed E-state index contributed by atoms with van der Waals surface area (Å²) >= 11 is 0. The molecular formula is C12H23N3. The second kappa shape index (κ2) is 5.31.